The van der Waals surface area contributed by atoms with Crippen molar-refractivity contribution < 1.29 is 28.8 Å². The summed E-state index contributed by atoms with van der Waals surface area (Å²) >= 11 is 0. The topological polar surface area (TPSA) is 130 Å². The van der Waals surface area contributed by atoms with Crippen molar-refractivity contribution in [3.8, 4) is 0 Å². The standard InChI is InChI=1S/C46H31N3O6/c50-41(32-7-3-1-4-8-32)27-15-30-11-20-36(21-12-30)47-43(52)34-17-24-38(25-18-34)49-45(54)39-26-19-35(29-40(39)46(49)55)44(53)48-37-22-13-31(14-23-37)16-28-42(51)33-9-5-2-6-10-33/h1-29H,(H,47,52)(H,48,53)/b27-15+,28-16+. The molecule has 4 amide bonds. The van der Waals surface area contributed by atoms with Gasteiger partial charge in [0.15, 0.2) is 11.6 Å². The largest absolute Gasteiger partial charge is 0.322 e. The molecule has 9 heteroatoms. The molecule has 1 heterocycles. The molecule has 1 aliphatic heterocycles. The molecule has 0 aromatic heterocycles. The highest BCUT2D eigenvalue weighted by molar-refractivity contribution is 6.35. The monoisotopic (exact) mass is 721 g/mol. The summed E-state index contributed by atoms with van der Waals surface area (Å²) in [5.74, 6) is -2.23. The Balaban J connectivity index is 0.952. The van der Waals surface area contributed by atoms with E-state index in [2.05, 4.69) is 10.6 Å². The number of hydrogen-bond donors (Lipinski definition) is 2. The van der Waals surface area contributed by atoms with Crippen LogP contribution in [0.15, 0.2) is 164 Å². The van der Waals surface area contributed by atoms with Gasteiger partial charge in [-0.2, -0.15) is 0 Å². The van der Waals surface area contributed by atoms with Crippen LogP contribution in [0, 0.1) is 0 Å². The van der Waals surface area contributed by atoms with Crippen molar-refractivity contribution in [1.29, 1.82) is 0 Å². The molecule has 6 aromatic carbocycles. The van der Waals surface area contributed by atoms with E-state index in [0.717, 1.165) is 16.0 Å². The van der Waals surface area contributed by atoms with Crippen molar-refractivity contribution in [3.63, 3.8) is 0 Å². The summed E-state index contributed by atoms with van der Waals surface area (Å²) in [6.45, 7) is 0. The number of carbonyl (C=O) groups excluding carboxylic acids is 6. The number of hydrogen-bond acceptors (Lipinski definition) is 6. The van der Waals surface area contributed by atoms with E-state index in [1.54, 1.807) is 109 Å². The Hall–Kier alpha value is -7.78. The quantitative estimate of drug-likeness (QED) is 0.0782. The number of nitrogens with one attached hydrogen (secondary N) is 2. The number of anilines is 3. The summed E-state index contributed by atoms with van der Waals surface area (Å²) in [5, 5.41) is 5.61. The average Bonchev–Trinajstić information content (AvgIpc) is 3.48. The van der Waals surface area contributed by atoms with E-state index >= 15 is 0 Å². The van der Waals surface area contributed by atoms with Gasteiger partial charge in [0.1, 0.15) is 0 Å². The lowest BCUT2D eigenvalue weighted by molar-refractivity contribution is 0.0923. The molecular formula is C46H31N3O6. The van der Waals surface area contributed by atoms with Crippen molar-refractivity contribution in [1.82, 2.24) is 0 Å². The van der Waals surface area contributed by atoms with Crippen LogP contribution in [0.5, 0.6) is 0 Å². The van der Waals surface area contributed by atoms with Crippen molar-refractivity contribution in [2.75, 3.05) is 15.5 Å². The van der Waals surface area contributed by atoms with E-state index in [1.807, 2.05) is 12.1 Å². The zero-order chi connectivity index (χ0) is 38.3. The van der Waals surface area contributed by atoms with Gasteiger partial charge in [-0.3, -0.25) is 28.8 Å². The van der Waals surface area contributed by atoms with E-state index < -0.39 is 23.6 Å². The van der Waals surface area contributed by atoms with Gasteiger partial charge in [-0.05, 0) is 90.0 Å². The van der Waals surface area contributed by atoms with E-state index in [-0.39, 0.29) is 33.9 Å². The summed E-state index contributed by atoms with van der Waals surface area (Å²) in [6.07, 6.45) is 6.38. The Labute approximate surface area is 316 Å². The van der Waals surface area contributed by atoms with Crippen molar-refractivity contribution in [3.05, 3.63) is 208 Å². The van der Waals surface area contributed by atoms with Gasteiger partial charge in [-0.15, -0.1) is 0 Å². The fraction of sp³-hybridized carbons (Fsp3) is 0. The maximum Gasteiger partial charge on any atom is 0.266 e. The molecule has 0 saturated carbocycles. The number of allylic oxidation sites excluding steroid dienone is 2. The van der Waals surface area contributed by atoms with Crippen LogP contribution < -0.4 is 15.5 Å². The van der Waals surface area contributed by atoms with Crippen molar-refractivity contribution in [2.24, 2.45) is 0 Å². The Morgan fingerprint density at radius 1 is 0.436 bits per heavy atom. The highest BCUT2D eigenvalue weighted by atomic mass is 16.2. The third kappa shape index (κ3) is 8.16. The van der Waals surface area contributed by atoms with Gasteiger partial charge in [0.05, 0.1) is 16.8 Å². The van der Waals surface area contributed by atoms with Crippen LogP contribution in [0.2, 0.25) is 0 Å². The molecule has 1 aliphatic rings. The number of imide groups is 1. The molecule has 9 nitrogen and oxygen atoms in total. The molecule has 0 aliphatic carbocycles. The van der Waals surface area contributed by atoms with Crippen LogP contribution in [-0.4, -0.2) is 35.2 Å². The first-order valence-corrected chi connectivity index (χ1v) is 17.2. The molecule has 266 valence electrons. The third-order valence-electron chi connectivity index (χ3n) is 8.84. The van der Waals surface area contributed by atoms with Gasteiger partial charge in [-0.25, -0.2) is 4.90 Å². The van der Waals surface area contributed by atoms with Gasteiger partial charge in [0.25, 0.3) is 23.6 Å². The first-order chi connectivity index (χ1) is 26.7. The summed E-state index contributed by atoms with van der Waals surface area (Å²) in [7, 11) is 0. The summed E-state index contributed by atoms with van der Waals surface area (Å²) in [4.78, 5) is 78.6. The zero-order valence-electron chi connectivity index (χ0n) is 29.1. The summed E-state index contributed by atoms with van der Waals surface area (Å²) in [5.41, 5.74) is 4.80. The number of ketones is 2. The lowest BCUT2D eigenvalue weighted by Crippen LogP contribution is -2.29. The first kappa shape index (κ1) is 35.6. The second-order valence-electron chi connectivity index (χ2n) is 12.5. The highest BCUT2D eigenvalue weighted by Gasteiger charge is 2.37. The molecule has 6 aromatic rings. The van der Waals surface area contributed by atoms with Gasteiger partial charge in [0, 0.05) is 33.6 Å². The Kier molecular flexibility index (Phi) is 10.3. The van der Waals surface area contributed by atoms with Crippen molar-refractivity contribution in [2.45, 2.75) is 0 Å². The minimum Gasteiger partial charge on any atom is -0.322 e. The van der Waals surface area contributed by atoms with Gasteiger partial charge in [-0.1, -0.05) is 97.1 Å². The molecule has 55 heavy (non-hydrogen) atoms. The fourth-order valence-electron chi connectivity index (χ4n) is 5.88. The number of amides is 4. The molecule has 0 radical (unpaired) electrons. The van der Waals surface area contributed by atoms with Crippen molar-refractivity contribution >= 4 is 64.4 Å². The smallest absolute Gasteiger partial charge is 0.266 e. The maximum atomic E-state index is 13.5. The first-order valence-electron chi connectivity index (χ1n) is 17.2. The minimum absolute atomic E-state index is 0.0887. The van der Waals surface area contributed by atoms with Gasteiger partial charge >= 0.3 is 0 Å². The molecule has 7 rings (SSSR count). The van der Waals surface area contributed by atoms with E-state index in [1.165, 1.54) is 54.6 Å². The molecule has 2 N–H and O–H groups in total. The lowest BCUT2D eigenvalue weighted by atomic mass is 10.1. The molecule has 0 fully saturated rings. The lowest BCUT2D eigenvalue weighted by Gasteiger charge is -2.14. The second kappa shape index (κ2) is 15.9. The van der Waals surface area contributed by atoms with Gasteiger partial charge in [0.2, 0.25) is 0 Å². The normalized spacial score (nSPS) is 12.2. The number of rotatable bonds is 11. The van der Waals surface area contributed by atoms with E-state index in [0.29, 0.717) is 28.1 Å². The van der Waals surface area contributed by atoms with E-state index in [4.69, 9.17) is 0 Å². The second-order valence-corrected chi connectivity index (χ2v) is 12.5. The van der Waals surface area contributed by atoms with Crippen LogP contribution in [0.25, 0.3) is 12.2 Å². The third-order valence-corrected chi connectivity index (χ3v) is 8.84. The van der Waals surface area contributed by atoms with Crippen LogP contribution >= 0.6 is 0 Å². The summed E-state index contributed by atoms with van der Waals surface area (Å²) in [6, 6.07) is 42.2. The van der Waals surface area contributed by atoms with Crippen LogP contribution in [0.3, 0.4) is 0 Å². The molecule has 0 bridgehead atoms. The fourth-order valence-corrected chi connectivity index (χ4v) is 5.88. The van der Waals surface area contributed by atoms with Crippen LogP contribution in [0.1, 0.15) is 73.3 Å². The predicted molar refractivity (Wildman–Crippen MR) is 212 cm³/mol. The van der Waals surface area contributed by atoms with Crippen LogP contribution in [0.4, 0.5) is 17.1 Å². The Morgan fingerprint density at radius 2 is 0.873 bits per heavy atom. The minimum atomic E-state index is -0.590. The SMILES string of the molecule is O=C(/C=C/c1ccc(NC(=O)c2ccc(N3C(=O)c4ccc(C(=O)Nc5ccc(/C=C/C(=O)c6ccccc6)cc5)cc4C3=O)cc2)cc1)c1ccccc1. The summed E-state index contributed by atoms with van der Waals surface area (Å²) < 4.78 is 0. The highest BCUT2D eigenvalue weighted by Crippen LogP contribution is 2.30. The van der Waals surface area contributed by atoms with E-state index in [9.17, 15) is 28.8 Å². The molecule has 0 unspecified atom stereocenters. The number of fused-ring (bicyclic) bond motifs is 1. The number of benzene rings is 6. The molecule has 0 atom stereocenters. The number of nitrogens with zero attached hydrogens (tertiary/aromatic N) is 1. The molecular weight excluding hydrogens is 691 g/mol. The number of carbonyl (C=O) groups is 6. The molecule has 0 spiro atoms. The Morgan fingerprint density at radius 3 is 1.36 bits per heavy atom. The zero-order valence-corrected chi connectivity index (χ0v) is 29.1. The maximum absolute atomic E-state index is 13.5. The predicted octanol–water partition coefficient (Wildman–Crippen LogP) is 8.78. The Bertz CT molecular complexity index is 2510. The van der Waals surface area contributed by atoms with Gasteiger partial charge < -0.3 is 10.6 Å². The molecule has 0 saturated heterocycles. The van der Waals surface area contributed by atoms with Crippen LogP contribution in [-0.2, 0) is 0 Å². The average molecular weight is 722 g/mol.